The minimum absolute atomic E-state index is 0.0444. The van der Waals surface area contributed by atoms with Crippen molar-refractivity contribution < 1.29 is 19.1 Å². The van der Waals surface area contributed by atoms with Crippen LogP contribution < -0.4 is 0 Å². The fourth-order valence-corrected chi connectivity index (χ4v) is 5.38. The molecule has 0 aromatic carbocycles. The zero-order valence-electron chi connectivity index (χ0n) is 17.7. The van der Waals surface area contributed by atoms with Gasteiger partial charge in [-0.2, -0.15) is 0 Å². The van der Waals surface area contributed by atoms with Crippen LogP contribution in [0, 0.1) is 11.3 Å². The molecule has 4 rings (SSSR count). The van der Waals surface area contributed by atoms with Crippen LogP contribution in [-0.2, 0) is 25.6 Å². The Labute approximate surface area is 176 Å². The molecule has 3 atom stereocenters. The normalized spacial score (nSPS) is 30.0. The molecule has 0 radical (unpaired) electrons. The molecule has 2 saturated heterocycles. The molecular weight excluding hydrogens is 388 g/mol. The number of piperidine rings is 1. The van der Waals surface area contributed by atoms with Crippen molar-refractivity contribution in [2.45, 2.75) is 51.6 Å². The van der Waals surface area contributed by atoms with Crippen LogP contribution >= 0.6 is 0 Å². The summed E-state index contributed by atoms with van der Waals surface area (Å²) in [7, 11) is 0. The highest BCUT2D eigenvalue weighted by atomic mass is 16.5. The second-order valence-corrected chi connectivity index (χ2v) is 8.58. The zero-order chi connectivity index (χ0) is 21.0. The first-order valence-corrected chi connectivity index (χ1v) is 11.1. The highest BCUT2D eigenvalue weighted by molar-refractivity contribution is 5.81. The van der Waals surface area contributed by atoms with E-state index in [0.29, 0.717) is 38.7 Å². The molecule has 3 fully saturated rings. The predicted octanol–water partition coefficient (Wildman–Crippen LogP) is 0.346. The summed E-state index contributed by atoms with van der Waals surface area (Å²) in [6.45, 7) is 7.31. The first-order valence-electron chi connectivity index (χ1n) is 11.1. The second kappa shape index (κ2) is 9.38. The van der Waals surface area contributed by atoms with Gasteiger partial charge >= 0.3 is 5.97 Å². The maximum atomic E-state index is 13.1. The fraction of sp³-hybridized carbons (Fsp3) is 0.850. The molecule has 30 heavy (non-hydrogen) atoms. The minimum atomic E-state index is -0.582. The number of morpholine rings is 1. The number of amides is 1. The largest absolute Gasteiger partial charge is 0.466 e. The minimum Gasteiger partial charge on any atom is -0.466 e. The molecule has 0 unspecified atom stereocenters. The number of likely N-dealkylation sites (tertiary alicyclic amines) is 1. The highest BCUT2D eigenvalue weighted by Crippen LogP contribution is 2.48. The van der Waals surface area contributed by atoms with Crippen LogP contribution in [0.4, 0.5) is 0 Å². The van der Waals surface area contributed by atoms with E-state index in [1.807, 2.05) is 11.8 Å². The number of esters is 1. The number of aromatic nitrogens is 4. The molecule has 2 aliphatic heterocycles. The van der Waals surface area contributed by atoms with E-state index < -0.39 is 5.41 Å². The molecule has 1 saturated carbocycles. The lowest BCUT2D eigenvalue weighted by Crippen LogP contribution is -2.59. The number of tetrazole rings is 1. The second-order valence-electron chi connectivity index (χ2n) is 8.58. The lowest BCUT2D eigenvalue weighted by molar-refractivity contribution is -0.171. The van der Waals surface area contributed by atoms with Gasteiger partial charge in [-0.25, -0.2) is 4.68 Å². The van der Waals surface area contributed by atoms with Crippen LogP contribution in [0.5, 0.6) is 0 Å². The Morgan fingerprint density at radius 3 is 2.80 bits per heavy atom. The van der Waals surface area contributed by atoms with Gasteiger partial charge in [-0.3, -0.25) is 14.5 Å². The van der Waals surface area contributed by atoms with Gasteiger partial charge < -0.3 is 14.4 Å². The molecule has 1 amide bonds. The lowest BCUT2D eigenvalue weighted by atomic mass is 9.61. The Hall–Kier alpha value is -2.07. The van der Waals surface area contributed by atoms with Gasteiger partial charge in [0.25, 0.3) is 0 Å². The number of hydrogen-bond donors (Lipinski definition) is 0. The van der Waals surface area contributed by atoms with Gasteiger partial charge in [0, 0.05) is 38.6 Å². The summed E-state index contributed by atoms with van der Waals surface area (Å²) >= 11 is 0. The van der Waals surface area contributed by atoms with E-state index in [1.165, 1.54) is 6.33 Å². The average Bonchev–Trinajstić information content (AvgIpc) is 3.31. The number of aryl methyl sites for hydroxylation is 1. The lowest BCUT2D eigenvalue weighted by Gasteiger charge is -2.52. The van der Waals surface area contributed by atoms with Crippen LogP contribution in [0.2, 0.25) is 0 Å². The molecule has 0 N–H and O–H groups in total. The van der Waals surface area contributed by atoms with Gasteiger partial charge in [-0.05, 0) is 49.0 Å². The van der Waals surface area contributed by atoms with Crippen LogP contribution in [0.15, 0.2) is 6.33 Å². The van der Waals surface area contributed by atoms with Gasteiger partial charge in [0.1, 0.15) is 6.33 Å². The molecule has 1 aromatic heterocycles. The Bertz CT molecular complexity index is 723. The van der Waals surface area contributed by atoms with E-state index in [0.717, 1.165) is 52.0 Å². The maximum Gasteiger partial charge on any atom is 0.314 e. The number of carbonyl (C=O) groups is 2. The number of ether oxygens (including phenoxy) is 2. The Morgan fingerprint density at radius 1 is 1.23 bits per heavy atom. The molecule has 3 heterocycles. The van der Waals surface area contributed by atoms with Crippen molar-refractivity contribution in [1.82, 2.24) is 30.0 Å². The van der Waals surface area contributed by atoms with E-state index >= 15 is 0 Å². The molecule has 1 aromatic rings. The van der Waals surface area contributed by atoms with Gasteiger partial charge in [-0.15, -0.1) is 5.10 Å². The SMILES string of the molecule is CCOC(=O)[C@@]12CC[C@@H](N3CCOCC3)C[C@H]1CCN(C(=O)CCn1cnnn1)C2. The molecule has 10 nitrogen and oxygen atoms in total. The first kappa shape index (κ1) is 21.2. The third kappa shape index (κ3) is 4.34. The van der Waals surface area contributed by atoms with Crippen molar-refractivity contribution >= 4 is 11.9 Å². The topological polar surface area (TPSA) is 103 Å². The zero-order valence-corrected chi connectivity index (χ0v) is 17.7. The van der Waals surface area contributed by atoms with Crippen molar-refractivity contribution in [2.75, 3.05) is 46.0 Å². The standard InChI is InChI=1S/C20H32N6O4/c1-2-30-19(28)20-6-3-17(24-9-11-29-12-10-24)13-16(20)4-7-25(14-20)18(27)5-8-26-15-21-22-23-26/h15-17H,2-14H2,1H3/t16-,17-,20-/m1/s1. The number of fused-ring (bicyclic) bond motifs is 1. The summed E-state index contributed by atoms with van der Waals surface area (Å²) in [6.07, 6.45) is 5.40. The van der Waals surface area contributed by atoms with Crippen molar-refractivity contribution in [3.05, 3.63) is 6.33 Å². The summed E-state index contributed by atoms with van der Waals surface area (Å²) in [5.74, 6) is 0.165. The Balaban J connectivity index is 1.43. The van der Waals surface area contributed by atoms with Crippen LogP contribution in [0.1, 0.15) is 39.0 Å². The smallest absolute Gasteiger partial charge is 0.314 e. The van der Waals surface area contributed by atoms with E-state index in [4.69, 9.17) is 9.47 Å². The molecule has 3 aliphatic rings. The molecule has 0 spiro atoms. The van der Waals surface area contributed by atoms with Crippen molar-refractivity contribution in [3.63, 3.8) is 0 Å². The summed E-state index contributed by atoms with van der Waals surface area (Å²) in [5, 5.41) is 11.0. The predicted molar refractivity (Wildman–Crippen MR) is 106 cm³/mol. The molecule has 1 aliphatic carbocycles. The number of hydrogen-bond acceptors (Lipinski definition) is 8. The van der Waals surface area contributed by atoms with Gasteiger partial charge in [0.15, 0.2) is 0 Å². The van der Waals surface area contributed by atoms with Crippen LogP contribution in [0.25, 0.3) is 0 Å². The first-order chi connectivity index (χ1) is 14.6. The van der Waals surface area contributed by atoms with E-state index in [-0.39, 0.29) is 17.8 Å². The molecule has 0 bridgehead atoms. The monoisotopic (exact) mass is 420 g/mol. The van der Waals surface area contributed by atoms with Crippen LogP contribution in [-0.4, -0.2) is 93.9 Å². The van der Waals surface area contributed by atoms with Gasteiger partial charge in [-0.1, -0.05) is 0 Å². The number of nitrogens with zero attached hydrogens (tertiary/aromatic N) is 6. The van der Waals surface area contributed by atoms with Crippen molar-refractivity contribution in [3.8, 4) is 0 Å². The summed E-state index contributed by atoms with van der Waals surface area (Å²) in [5.41, 5.74) is -0.582. The molecule has 166 valence electrons. The highest BCUT2D eigenvalue weighted by Gasteiger charge is 2.54. The van der Waals surface area contributed by atoms with Crippen LogP contribution in [0.3, 0.4) is 0 Å². The van der Waals surface area contributed by atoms with E-state index in [2.05, 4.69) is 20.4 Å². The molecule has 10 heteroatoms. The summed E-state index contributed by atoms with van der Waals surface area (Å²) in [4.78, 5) is 30.4. The Morgan fingerprint density at radius 2 is 2.07 bits per heavy atom. The maximum absolute atomic E-state index is 13.1. The summed E-state index contributed by atoms with van der Waals surface area (Å²) < 4.78 is 12.6. The summed E-state index contributed by atoms with van der Waals surface area (Å²) in [6, 6.07) is 0.489. The average molecular weight is 421 g/mol. The number of carbonyl (C=O) groups excluding carboxylic acids is 2. The Kier molecular flexibility index (Phi) is 6.62. The number of rotatable bonds is 6. The molecular formula is C20H32N6O4. The quantitative estimate of drug-likeness (QED) is 0.608. The third-order valence-electron chi connectivity index (χ3n) is 7.03. The fourth-order valence-electron chi connectivity index (χ4n) is 5.38. The third-order valence-corrected chi connectivity index (χ3v) is 7.03. The van der Waals surface area contributed by atoms with Gasteiger partial charge in [0.2, 0.25) is 5.91 Å². The van der Waals surface area contributed by atoms with Crippen molar-refractivity contribution in [1.29, 1.82) is 0 Å². The van der Waals surface area contributed by atoms with E-state index in [9.17, 15) is 9.59 Å². The van der Waals surface area contributed by atoms with Gasteiger partial charge in [0.05, 0.1) is 31.8 Å². The van der Waals surface area contributed by atoms with E-state index in [1.54, 1.807) is 4.68 Å². The van der Waals surface area contributed by atoms with Crippen molar-refractivity contribution in [2.24, 2.45) is 11.3 Å².